The van der Waals surface area contributed by atoms with Gasteiger partial charge in [0.05, 0.1) is 14.7 Å². The minimum atomic E-state index is -4.41. The van der Waals surface area contributed by atoms with Crippen LogP contribution in [0.15, 0.2) is 87.5 Å². The van der Waals surface area contributed by atoms with Crippen LogP contribution in [0.5, 0.6) is 5.75 Å². The Labute approximate surface area is 167 Å². The van der Waals surface area contributed by atoms with E-state index in [1.54, 1.807) is 25.1 Å². The first-order valence-corrected chi connectivity index (χ1v) is 11.1. The zero-order valence-electron chi connectivity index (χ0n) is 15.0. The zero-order valence-corrected chi connectivity index (χ0v) is 16.7. The zero-order chi connectivity index (χ0) is 21.2. The van der Waals surface area contributed by atoms with Crippen LogP contribution in [-0.4, -0.2) is 21.8 Å². The molecule has 0 aliphatic rings. The van der Waals surface area contributed by atoms with Crippen molar-refractivity contribution < 1.29 is 25.9 Å². The summed E-state index contributed by atoms with van der Waals surface area (Å²) < 4.78 is 55.5. The predicted molar refractivity (Wildman–Crippen MR) is 104 cm³/mol. The number of hydrogen-bond donors (Lipinski definition) is 0. The van der Waals surface area contributed by atoms with Gasteiger partial charge in [0.1, 0.15) is 4.90 Å². The Bertz CT molecular complexity index is 1270. The molecule has 8 nitrogen and oxygen atoms in total. The summed E-state index contributed by atoms with van der Waals surface area (Å²) in [4.78, 5) is 9.87. The van der Waals surface area contributed by atoms with Crippen LogP contribution in [0, 0.1) is 17.0 Å². The van der Waals surface area contributed by atoms with E-state index >= 15 is 0 Å². The van der Waals surface area contributed by atoms with E-state index in [1.165, 1.54) is 36.4 Å². The fourth-order valence-corrected chi connectivity index (χ4v) is 4.72. The first kappa shape index (κ1) is 20.5. The maximum Gasteiger partial charge on any atom is 0.339 e. The molecule has 0 saturated heterocycles. The smallest absolute Gasteiger partial charge is 0.339 e. The summed E-state index contributed by atoms with van der Waals surface area (Å²) in [5.74, 6) is -0.687. The molecule has 0 amide bonds. The third-order valence-corrected chi connectivity index (χ3v) is 7.02. The van der Waals surface area contributed by atoms with Gasteiger partial charge >= 0.3 is 15.8 Å². The molecule has 0 N–H and O–H groups in total. The topological polar surface area (TPSA) is 121 Å². The molecule has 10 heteroatoms. The molecule has 0 heterocycles. The van der Waals surface area contributed by atoms with Crippen molar-refractivity contribution in [1.29, 1.82) is 0 Å². The highest BCUT2D eigenvalue weighted by Gasteiger charge is 2.27. The summed E-state index contributed by atoms with van der Waals surface area (Å²) in [6, 6.07) is 15.9. The summed E-state index contributed by atoms with van der Waals surface area (Å²) >= 11 is 0. The van der Waals surface area contributed by atoms with Crippen LogP contribution in [0.2, 0.25) is 0 Å². The number of hydrogen-bond acceptors (Lipinski definition) is 7. The third-order valence-electron chi connectivity index (χ3n) is 4.00. The Morgan fingerprint density at radius 1 is 0.793 bits per heavy atom. The monoisotopic (exact) mass is 433 g/mol. The highest BCUT2D eigenvalue weighted by atomic mass is 32.2. The molecule has 0 aliphatic heterocycles. The summed E-state index contributed by atoms with van der Waals surface area (Å²) in [6.45, 7) is 1.76. The van der Waals surface area contributed by atoms with Crippen LogP contribution in [-0.2, 0) is 20.0 Å². The molecule has 29 heavy (non-hydrogen) atoms. The minimum Gasteiger partial charge on any atom is -0.372 e. The molecular weight excluding hydrogens is 418 g/mol. The summed E-state index contributed by atoms with van der Waals surface area (Å²) in [5.41, 5.74) is 0.138. The van der Waals surface area contributed by atoms with Crippen molar-refractivity contribution in [3.05, 3.63) is 88.5 Å². The van der Waals surface area contributed by atoms with Crippen LogP contribution in [0.25, 0.3) is 0 Å². The number of rotatable bonds is 6. The summed E-state index contributed by atoms with van der Waals surface area (Å²) in [5, 5.41) is 11.3. The molecule has 0 bridgehead atoms. The summed E-state index contributed by atoms with van der Waals surface area (Å²) in [6.07, 6.45) is 0. The molecular formula is C19H15NO7S2. The van der Waals surface area contributed by atoms with Crippen LogP contribution in [0.4, 0.5) is 5.69 Å². The Kier molecular flexibility index (Phi) is 5.40. The second-order valence-electron chi connectivity index (χ2n) is 6.05. The van der Waals surface area contributed by atoms with E-state index in [-0.39, 0.29) is 14.7 Å². The van der Waals surface area contributed by atoms with Gasteiger partial charge in [-0.05, 0) is 37.3 Å². The maximum atomic E-state index is 12.8. The van der Waals surface area contributed by atoms with Crippen molar-refractivity contribution in [3.8, 4) is 5.75 Å². The van der Waals surface area contributed by atoms with Crippen molar-refractivity contribution >= 4 is 25.6 Å². The molecule has 3 aromatic rings. The maximum absolute atomic E-state index is 12.8. The van der Waals surface area contributed by atoms with Crippen molar-refractivity contribution in [3.63, 3.8) is 0 Å². The average molecular weight is 433 g/mol. The standard InChI is InChI=1S/C19H15NO7S2/c1-14-7-9-16(10-8-14)29(25,26)27-19-13-17(11-12-18(19)20(21)22)28(23,24)15-5-3-2-4-6-15/h2-13H,1H3. The van der Waals surface area contributed by atoms with Gasteiger partial charge in [-0.15, -0.1) is 0 Å². The number of nitro benzene ring substituents is 1. The fourth-order valence-electron chi connectivity index (χ4n) is 2.49. The summed E-state index contributed by atoms with van der Waals surface area (Å²) in [7, 11) is -8.44. The number of benzene rings is 3. The van der Waals surface area contributed by atoms with E-state index < -0.39 is 36.3 Å². The lowest BCUT2D eigenvalue weighted by Gasteiger charge is -2.10. The lowest BCUT2D eigenvalue weighted by molar-refractivity contribution is -0.385. The normalized spacial score (nSPS) is 11.8. The Morgan fingerprint density at radius 3 is 1.97 bits per heavy atom. The Morgan fingerprint density at radius 2 is 1.38 bits per heavy atom. The number of nitrogens with zero attached hydrogens (tertiary/aromatic N) is 1. The van der Waals surface area contributed by atoms with Gasteiger partial charge in [0.15, 0.2) is 0 Å². The van der Waals surface area contributed by atoms with E-state index in [2.05, 4.69) is 0 Å². The van der Waals surface area contributed by atoms with Crippen molar-refractivity contribution in [1.82, 2.24) is 0 Å². The highest BCUT2D eigenvalue weighted by molar-refractivity contribution is 7.91. The van der Waals surface area contributed by atoms with Crippen LogP contribution in [0.1, 0.15) is 5.56 Å². The molecule has 150 valence electrons. The van der Waals surface area contributed by atoms with Gasteiger partial charge in [-0.25, -0.2) is 8.42 Å². The van der Waals surface area contributed by atoms with Crippen molar-refractivity contribution in [2.24, 2.45) is 0 Å². The molecule has 0 atom stereocenters. The molecule has 0 fully saturated rings. The van der Waals surface area contributed by atoms with E-state index in [4.69, 9.17) is 4.18 Å². The largest absolute Gasteiger partial charge is 0.372 e. The molecule has 0 unspecified atom stereocenters. The lowest BCUT2D eigenvalue weighted by Crippen LogP contribution is -2.12. The Balaban J connectivity index is 2.09. The van der Waals surface area contributed by atoms with Gasteiger partial charge in [0.25, 0.3) is 0 Å². The molecule has 3 rings (SSSR count). The second kappa shape index (κ2) is 7.64. The molecule has 0 saturated carbocycles. The molecule has 3 aromatic carbocycles. The lowest BCUT2D eigenvalue weighted by atomic mass is 10.2. The first-order chi connectivity index (χ1) is 13.6. The van der Waals surface area contributed by atoms with Crippen molar-refractivity contribution in [2.45, 2.75) is 21.6 Å². The molecule has 0 radical (unpaired) electrons. The predicted octanol–water partition coefficient (Wildman–Crippen LogP) is 3.50. The number of aryl methyl sites for hydroxylation is 1. The second-order valence-corrected chi connectivity index (χ2v) is 9.55. The third kappa shape index (κ3) is 4.28. The van der Waals surface area contributed by atoms with E-state index in [0.29, 0.717) is 0 Å². The highest BCUT2D eigenvalue weighted by Crippen LogP contribution is 2.34. The van der Waals surface area contributed by atoms with Crippen LogP contribution in [0.3, 0.4) is 0 Å². The minimum absolute atomic E-state index is 0.0406. The molecule has 0 spiro atoms. The first-order valence-electron chi connectivity index (χ1n) is 8.21. The van der Waals surface area contributed by atoms with Crippen LogP contribution >= 0.6 is 0 Å². The molecule has 0 aliphatic carbocycles. The SMILES string of the molecule is Cc1ccc(S(=O)(=O)Oc2cc(S(=O)(=O)c3ccccc3)ccc2[N+](=O)[O-])cc1. The van der Waals surface area contributed by atoms with E-state index in [0.717, 1.165) is 23.8 Å². The molecule has 0 aromatic heterocycles. The van der Waals surface area contributed by atoms with Gasteiger partial charge in [-0.2, -0.15) is 8.42 Å². The Hall–Kier alpha value is -3.24. The number of nitro groups is 1. The number of sulfone groups is 1. The van der Waals surface area contributed by atoms with Crippen LogP contribution < -0.4 is 4.18 Å². The average Bonchev–Trinajstić information content (AvgIpc) is 2.68. The van der Waals surface area contributed by atoms with Gasteiger partial charge in [-0.3, -0.25) is 10.1 Å². The van der Waals surface area contributed by atoms with Gasteiger partial charge in [0.2, 0.25) is 15.6 Å². The fraction of sp³-hybridized carbons (Fsp3) is 0.0526. The van der Waals surface area contributed by atoms with Crippen molar-refractivity contribution in [2.75, 3.05) is 0 Å². The van der Waals surface area contributed by atoms with E-state index in [9.17, 15) is 26.9 Å². The van der Waals surface area contributed by atoms with Gasteiger partial charge in [-0.1, -0.05) is 35.9 Å². The quantitative estimate of drug-likeness (QED) is 0.331. The van der Waals surface area contributed by atoms with E-state index in [1.807, 2.05) is 0 Å². The van der Waals surface area contributed by atoms with Gasteiger partial charge < -0.3 is 4.18 Å². The van der Waals surface area contributed by atoms with Gasteiger partial charge in [0, 0.05) is 12.1 Å².